The molecule has 3 aromatic carbocycles. The van der Waals surface area contributed by atoms with Gasteiger partial charge in [0, 0.05) is 30.0 Å². The molecule has 0 saturated heterocycles. The van der Waals surface area contributed by atoms with Gasteiger partial charge in [0.2, 0.25) is 5.91 Å². The standard InChI is InChI=1S/C28H27NO3/c1-2-13-32-23-11-9-19(10-12-23)22-15-25-28(26(30)16-22)24(17-27(31)29-25)21-8-7-18-5-3-4-6-20(18)14-21/h3-12,14,22,24H,2,13,15-17H2,1H3,(H,29,31). The number of benzene rings is 3. The summed E-state index contributed by atoms with van der Waals surface area (Å²) >= 11 is 0. The topological polar surface area (TPSA) is 55.4 Å². The van der Waals surface area contributed by atoms with Crippen LogP contribution in [-0.4, -0.2) is 18.3 Å². The fourth-order valence-corrected chi connectivity index (χ4v) is 4.96. The first-order chi connectivity index (χ1) is 15.6. The molecule has 1 aliphatic heterocycles. The highest BCUT2D eigenvalue weighted by molar-refractivity contribution is 6.02. The number of ketones is 1. The van der Waals surface area contributed by atoms with E-state index in [0.29, 0.717) is 25.9 Å². The van der Waals surface area contributed by atoms with Crippen LogP contribution in [0.3, 0.4) is 0 Å². The maximum absolute atomic E-state index is 13.3. The number of allylic oxidation sites excluding steroid dienone is 2. The molecule has 2 aliphatic rings. The second-order valence-electron chi connectivity index (χ2n) is 8.75. The van der Waals surface area contributed by atoms with E-state index in [1.54, 1.807) is 0 Å². The van der Waals surface area contributed by atoms with E-state index in [1.165, 1.54) is 0 Å². The van der Waals surface area contributed by atoms with Crippen molar-refractivity contribution in [2.24, 2.45) is 0 Å². The minimum Gasteiger partial charge on any atom is -0.494 e. The van der Waals surface area contributed by atoms with E-state index in [0.717, 1.165) is 45.3 Å². The molecule has 0 spiro atoms. The average Bonchev–Trinajstić information content (AvgIpc) is 2.82. The molecule has 2 unspecified atom stereocenters. The van der Waals surface area contributed by atoms with Crippen LogP contribution in [0.25, 0.3) is 10.8 Å². The SMILES string of the molecule is CCCOc1ccc(C2CC(=O)C3=C(C2)NC(=O)CC3c2ccc3ccccc3c2)cc1. The fraction of sp³-hybridized carbons (Fsp3) is 0.286. The Bertz CT molecular complexity index is 1210. The lowest BCUT2D eigenvalue weighted by atomic mass is 9.73. The number of nitrogens with one attached hydrogen (secondary N) is 1. The monoisotopic (exact) mass is 425 g/mol. The molecule has 0 fully saturated rings. The van der Waals surface area contributed by atoms with E-state index in [1.807, 2.05) is 36.4 Å². The Kier molecular flexibility index (Phi) is 5.52. The summed E-state index contributed by atoms with van der Waals surface area (Å²) in [6.45, 7) is 2.77. The molecule has 3 aromatic rings. The van der Waals surface area contributed by atoms with Gasteiger partial charge in [0.05, 0.1) is 6.61 Å². The smallest absolute Gasteiger partial charge is 0.225 e. The highest BCUT2D eigenvalue weighted by Gasteiger charge is 2.38. The summed E-state index contributed by atoms with van der Waals surface area (Å²) in [7, 11) is 0. The molecule has 1 aliphatic carbocycles. The summed E-state index contributed by atoms with van der Waals surface area (Å²) in [5.74, 6) is 0.859. The van der Waals surface area contributed by atoms with Gasteiger partial charge in [0.25, 0.3) is 0 Å². The quantitative estimate of drug-likeness (QED) is 0.576. The molecular weight excluding hydrogens is 398 g/mol. The van der Waals surface area contributed by atoms with Crippen molar-refractivity contribution in [2.75, 3.05) is 6.61 Å². The van der Waals surface area contributed by atoms with Crippen molar-refractivity contribution in [3.8, 4) is 5.75 Å². The molecule has 1 N–H and O–H groups in total. The zero-order chi connectivity index (χ0) is 22.1. The molecule has 1 heterocycles. The van der Waals surface area contributed by atoms with Crippen LogP contribution in [0.15, 0.2) is 78.0 Å². The lowest BCUT2D eigenvalue weighted by molar-refractivity contribution is -0.122. The Hall–Kier alpha value is -3.40. The van der Waals surface area contributed by atoms with E-state index in [9.17, 15) is 9.59 Å². The maximum Gasteiger partial charge on any atom is 0.225 e. The van der Waals surface area contributed by atoms with Crippen molar-refractivity contribution in [1.29, 1.82) is 0 Å². The minimum absolute atomic E-state index is 0.0151. The average molecular weight is 426 g/mol. The van der Waals surface area contributed by atoms with Crippen molar-refractivity contribution >= 4 is 22.5 Å². The number of carbonyl (C=O) groups excluding carboxylic acids is 2. The lowest BCUT2D eigenvalue weighted by Gasteiger charge is -2.34. The van der Waals surface area contributed by atoms with E-state index in [4.69, 9.17) is 4.74 Å². The number of ether oxygens (including phenoxy) is 1. The first-order valence-corrected chi connectivity index (χ1v) is 11.4. The van der Waals surface area contributed by atoms with Gasteiger partial charge in [-0.2, -0.15) is 0 Å². The van der Waals surface area contributed by atoms with Crippen molar-refractivity contribution in [3.63, 3.8) is 0 Å². The summed E-state index contributed by atoms with van der Waals surface area (Å²) < 4.78 is 5.68. The van der Waals surface area contributed by atoms with Crippen molar-refractivity contribution in [2.45, 2.75) is 44.4 Å². The Balaban J connectivity index is 1.44. The molecular formula is C28H27NO3. The highest BCUT2D eigenvalue weighted by Crippen LogP contribution is 2.43. The van der Waals surface area contributed by atoms with Crippen LogP contribution in [0.1, 0.15) is 55.6 Å². The van der Waals surface area contributed by atoms with Crippen molar-refractivity contribution < 1.29 is 14.3 Å². The first-order valence-electron chi connectivity index (χ1n) is 11.4. The Morgan fingerprint density at radius 2 is 1.62 bits per heavy atom. The van der Waals surface area contributed by atoms with Crippen LogP contribution >= 0.6 is 0 Å². The normalized spacial score (nSPS) is 20.8. The zero-order valence-corrected chi connectivity index (χ0v) is 18.3. The van der Waals surface area contributed by atoms with Gasteiger partial charge in [-0.25, -0.2) is 0 Å². The number of Topliss-reactive ketones (excluding diaryl/α,β-unsaturated/α-hetero) is 1. The van der Waals surface area contributed by atoms with E-state index < -0.39 is 0 Å². The second-order valence-corrected chi connectivity index (χ2v) is 8.75. The highest BCUT2D eigenvalue weighted by atomic mass is 16.5. The molecule has 4 nitrogen and oxygen atoms in total. The molecule has 32 heavy (non-hydrogen) atoms. The zero-order valence-electron chi connectivity index (χ0n) is 18.3. The molecule has 4 heteroatoms. The molecule has 5 rings (SSSR count). The predicted octanol–water partition coefficient (Wildman–Crippen LogP) is 5.63. The largest absolute Gasteiger partial charge is 0.494 e. The van der Waals surface area contributed by atoms with Crippen LogP contribution in [-0.2, 0) is 9.59 Å². The van der Waals surface area contributed by atoms with Crippen molar-refractivity contribution in [3.05, 3.63) is 89.1 Å². The van der Waals surface area contributed by atoms with Gasteiger partial charge in [0.15, 0.2) is 5.78 Å². The summed E-state index contributed by atoms with van der Waals surface area (Å²) in [6, 6.07) is 22.5. The van der Waals surface area contributed by atoms with Gasteiger partial charge in [-0.3, -0.25) is 9.59 Å². The third-order valence-electron chi connectivity index (χ3n) is 6.54. The van der Waals surface area contributed by atoms with Crippen LogP contribution in [0, 0.1) is 0 Å². The van der Waals surface area contributed by atoms with Crippen LogP contribution < -0.4 is 10.1 Å². The first kappa shape index (κ1) is 20.5. The summed E-state index contributed by atoms with van der Waals surface area (Å²) in [4.78, 5) is 25.9. The van der Waals surface area contributed by atoms with Gasteiger partial charge >= 0.3 is 0 Å². The molecule has 0 aromatic heterocycles. The minimum atomic E-state index is -0.179. The van der Waals surface area contributed by atoms with E-state index >= 15 is 0 Å². The third-order valence-corrected chi connectivity index (χ3v) is 6.54. The Morgan fingerprint density at radius 1 is 0.875 bits per heavy atom. The number of rotatable bonds is 5. The molecule has 2 atom stereocenters. The summed E-state index contributed by atoms with van der Waals surface area (Å²) in [6.07, 6.45) is 2.42. The number of fused-ring (bicyclic) bond motifs is 1. The van der Waals surface area contributed by atoms with E-state index in [2.05, 4.69) is 42.6 Å². The van der Waals surface area contributed by atoms with Gasteiger partial charge in [-0.15, -0.1) is 0 Å². The van der Waals surface area contributed by atoms with Gasteiger partial charge in [0.1, 0.15) is 5.75 Å². The van der Waals surface area contributed by atoms with Crippen LogP contribution in [0.2, 0.25) is 0 Å². The van der Waals surface area contributed by atoms with Gasteiger partial charge in [-0.1, -0.05) is 61.5 Å². The van der Waals surface area contributed by atoms with Crippen LogP contribution in [0.5, 0.6) is 5.75 Å². The number of carbonyl (C=O) groups is 2. The Morgan fingerprint density at radius 3 is 2.41 bits per heavy atom. The number of hydrogen-bond donors (Lipinski definition) is 1. The number of amides is 1. The lowest BCUT2D eigenvalue weighted by Crippen LogP contribution is -2.38. The predicted molar refractivity (Wildman–Crippen MR) is 126 cm³/mol. The summed E-state index contributed by atoms with van der Waals surface area (Å²) in [5, 5.41) is 5.31. The third kappa shape index (κ3) is 3.93. The molecule has 162 valence electrons. The molecule has 0 bridgehead atoms. The van der Waals surface area contributed by atoms with Gasteiger partial charge < -0.3 is 10.1 Å². The summed E-state index contributed by atoms with van der Waals surface area (Å²) in [5.41, 5.74) is 3.73. The fourth-order valence-electron chi connectivity index (χ4n) is 4.96. The van der Waals surface area contributed by atoms with Crippen molar-refractivity contribution in [1.82, 2.24) is 5.32 Å². The molecule has 1 amide bonds. The Labute approximate surface area is 188 Å². The van der Waals surface area contributed by atoms with Crippen LogP contribution in [0.4, 0.5) is 0 Å². The van der Waals surface area contributed by atoms with E-state index in [-0.39, 0.29) is 23.5 Å². The molecule has 0 saturated carbocycles. The number of hydrogen-bond acceptors (Lipinski definition) is 3. The molecule has 0 radical (unpaired) electrons. The maximum atomic E-state index is 13.3. The second kappa shape index (κ2) is 8.62. The van der Waals surface area contributed by atoms with Gasteiger partial charge in [-0.05, 0) is 52.8 Å².